The van der Waals surface area contributed by atoms with E-state index in [4.69, 9.17) is 11.5 Å². The fourth-order valence-electron chi connectivity index (χ4n) is 6.32. The molecule has 0 fully saturated rings. The molecule has 0 bridgehead atoms. The predicted molar refractivity (Wildman–Crippen MR) is 220 cm³/mol. The minimum atomic E-state index is -1.40. The van der Waals surface area contributed by atoms with Crippen molar-refractivity contribution in [1.82, 2.24) is 21.3 Å². The minimum Gasteiger partial charge on any atom is -0.480 e. The zero-order valence-electron chi connectivity index (χ0n) is 33.6. The molecule has 0 aliphatic carbocycles. The first kappa shape index (κ1) is 47.0. The van der Waals surface area contributed by atoms with Crippen LogP contribution in [0.25, 0.3) is 0 Å². The quantitative estimate of drug-likeness (QED) is 0.0464. The summed E-state index contributed by atoms with van der Waals surface area (Å²) >= 11 is 0. The number of carbonyl (C=O) groups is 8. The highest BCUT2D eigenvalue weighted by Gasteiger charge is 2.30. The Morgan fingerprint density at radius 2 is 1.07 bits per heavy atom. The Bertz CT molecular complexity index is 1890. The van der Waals surface area contributed by atoms with Gasteiger partial charge in [0.15, 0.2) is 5.78 Å². The van der Waals surface area contributed by atoms with Crippen molar-refractivity contribution >= 4 is 47.2 Å². The van der Waals surface area contributed by atoms with E-state index in [2.05, 4.69) is 21.3 Å². The molecule has 3 rings (SSSR count). The van der Waals surface area contributed by atoms with E-state index in [1.54, 1.807) is 54.6 Å². The lowest BCUT2D eigenvalue weighted by atomic mass is 9.97. The van der Waals surface area contributed by atoms with E-state index in [0.29, 0.717) is 55.2 Å². The number of unbranched alkanes of at least 4 members (excludes halogenated alkanes) is 4. The zero-order chi connectivity index (χ0) is 43.3. The Morgan fingerprint density at radius 3 is 1.61 bits per heavy atom. The molecule has 3 aromatic rings. The Morgan fingerprint density at radius 1 is 0.576 bits per heavy atom. The average molecular weight is 813 g/mol. The molecule has 316 valence electrons. The maximum absolute atomic E-state index is 13.2. The number of primary amides is 2. The van der Waals surface area contributed by atoms with E-state index in [9.17, 15) is 43.5 Å². The maximum Gasteiger partial charge on any atom is 0.326 e. The van der Waals surface area contributed by atoms with Gasteiger partial charge in [0, 0.05) is 36.8 Å². The first-order valence-electron chi connectivity index (χ1n) is 19.9. The first-order chi connectivity index (χ1) is 28.2. The lowest BCUT2D eigenvalue weighted by Gasteiger charge is -2.26. The molecule has 3 aromatic carbocycles. The molecule has 59 heavy (non-hydrogen) atoms. The van der Waals surface area contributed by atoms with Crippen molar-refractivity contribution in [3.63, 3.8) is 0 Å². The van der Waals surface area contributed by atoms with E-state index in [-0.39, 0.29) is 43.3 Å². The van der Waals surface area contributed by atoms with Gasteiger partial charge >= 0.3 is 5.97 Å². The lowest BCUT2D eigenvalue weighted by Crippen LogP contribution is -2.55. The third-order valence-corrected chi connectivity index (χ3v) is 9.93. The van der Waals surface area contributed by atoms with Crippen LogP contribution in [-0.4, -0.2) is 76.5 Å². The Hall–Kier alpha value is -6.38. The Labute approximate surface area is 344 Å². The van der Waals surface area contributed by atoms with Crippen LogP contribution in [0.5, 0.6) is 0 Å². The van der Waals surface area contributed by atoms with Gasteiger partial charge in [-0.3, -0.25) is 33.6 Å². The second kappa shape index (κ2) is 24.4. The highest BCUT2D eigenvalue weighted by molar-refractivity contribution is 6.09. The topological polar surface area (TPSA) is 257 Å². The molecule has 0 spiro atoms. The van der Waals surface area contributed by atoms with Crippen LogP contribution in [0.4, 0.5) is 0 Å². The fourth-order valence-corrected chi connectivity index (χ4v) is 6.32. The first-order valence-corrected chi connectivity index (χ1v) is 19.9. The number of aliphatic carboxylic acids is 1. The lowest BCUT2D eigenvalue weighted by molar-refractivity contribution is -0.142. The van der Waals surface area contributed by atoms with Gasteiger partial charge in [0.25, 0.3) is 0 Å². The van der Waals surface area contributed by atoms with E-state index >= 15 is 0 Å². The molecule has 0 radical (unpaired) electrons. The van der Waals surface area contributed by atoms with Crippen LogP contribution in [0, 0.1) is 5.92 Å². The van der Waals surface area contributed by atoms with Crippen molar-refractivity contribution in [2.24, 2.45) is 17.4 Å². The molecule has 0 aliphatic rings. The van der Waals surface area contributed by atoms with E-state index < -0.39 is 66.1 Å². The third kappa shape index (κ3) is 16.6. The molecule has 0 saturated heterocycles. The van der Waals surface area contributed by atoms with Crippen molar-refractivity contribution in [2.75, 3.05) is 0 Å². The summed E-state index contributed by atoms with van der Waals surface area (Å²) < 4.78 is 0. The number of carboxylic acid groups (broad SMARTS) is 1. The van der Waals surface area contributed by atoms with Gasteiger partial charge in [-0.2, -0.15) is 0 Å². The molecule has 15 heteroatoms. The van der Waals surface area contributed by atoms with Crippen LogP contribution in [0.1, 0.15) is 98.7 Å². The van der Waals surface area contributed by atoms with Gasteiger partial charge in [-0.25, -0.2) is 4.79 Å². The van der Waals surface area contributed by atoms with Gasteiger partial charge in [-0.15, -0.1) is 0 Å². The van der Waals surface area contributed by atoms with Crippen molar-refractivity contribution in [1.29, 1.82) is 0 Å². The van der Waals surface area contributed by atoms with Gasteiger partial charge < -0.3 is 37.8 Å². The molecule has 5 atom stereocenters. The average Bonchev–Trinajstić information content (AvgIpc) is 3.21. The van der Waals surface area contributed by atoms with Crippen LogP contribution in [0.3, 0.4) is 0 Å². The number of ketones is 1. The van der Waals surface area contributed by atoms with Crippen LogP contribution in [-0.2, 0) is 46.4 Å². The van der Waals surface area contributed by atoms with Gasteiger partial charge in [0.2, 0.25) is 35.4 Å². The summed E-state index contributed by atoms with van der Waals surface area (Å²) in [7, 11) is 0. The SMILES string of the molecule is CC[C@@H](C)[C@H](NC(=O)CCCCCCCC(=O)N[C@@H](CC(N)=O)C(=O)N[C@@H](Cc1ccc(C(=O)c2ccccc2)cc1)C(=O)O)C(=O)N[C@@H](Cc1ccccc1)C(N)=O. The van der Waals surface area contributed by atoms with Gasteiger partial charge in [-0.05, 0) is 29.9 Å². The number of hydrogen-bond donors (Lipinski definition) is 7. The molecule has 0 aromatic heterocycles. The molecule has 0 unspecified atom stereocenters. The number of amides is 6. The summed E-state index contributed by atoms with van der Waals surface area (Å²) in [6.45, 7) is 3.74. The fraction of sp³-hybridized carbons (Fsp3) is 0.409. The Kier molecular flexibility index (Phi) is 19.4. The van der Waals surface area contributed by atoms with Gasteiger partial charge in [0.1, 0.15) is 24.2 Å². The predicted octanol–water partition coefficient (Wildman–Crippen LogP) is 2.86. The molecular formula is C44H56N6O9. The van der Waals surface area contributed by atoms with Crippen molar-refractivity contribution in [2.45, 2.75) is 109 Å². The second-order valence-corrected chi connectivity index (χ2v) is 14.6. The summed E-state index contributed by atoms with van der Waals surface area (Å²) in [6.07, 6.45) is 3.35. The van der Waals surface area contributed by atoms with E-state index in [1.165, 1.54) is 0 Å². The number of benzene rings is 3. The largest absolute Gasteiger partial charge is 0.480 e. The van der Waals surface area contributed by atoms with Crippen LogP contribution in [0.15, 0.2) is 84.9 Å². The monoisotopic (exact) mass is 812 g/mol. The van der Waals surface area contributed by atoms with Crippen molar-refractivity contribution < 1.29 is 43.5 Å². The zero-order valence-corrected chi connectivity index (χ0v) is 33.6. The summed E-state index contributed by atoms with van der Waals surface area (Å²) in [5.41, 5.74) is 13.2. The van der Waals surface area contributed by atoms with Gasteiger partial charge in [-0.1, -0.05) is 124 Å². The highest BCUT2D eigenvalue weighted by atomic mass is 16.4. The standard InChI is InChI=1S/C44H56N6O9/c1-3-28(2)39(43(57)48-33(41(46)55)25-29-15-9-7-10-16-29)50-38(53)20-14-6-4-5-13-19-37(52)47-34(27-36(45)51)42(56)49-35(44(58)59)26-30-21-23-32(24-22-30)40(54)31-17-11-8-12-18-31/h7-12,15-18,21-24,28,33-35,39H,3-6,13-14,19-20,25-27H2,1-2H3,(H2,45,51)(H2,46,55)(H,47,52)(H,48,57)(H,49,56)(H,50,53)(H,58,59)/t28-,33+,34+,35+,39+/m1/s1. The molecule has 0 aliphatic heterocycles. The van der Waals surface area contributed by atoms with Crippen LogP contribution in [0.2, 0.25) is 0 Å². The molecule has 6 amide bonds. The normalized spacial score (nSPS) is 13.4. The molecular weight excluding hydrogens is 757 g/mol. The third-order valence-electron chi connectivity index (χ3n) is 9.93. The van der Waals surface area contributed by atoms with Crippen molar-refractivity contribution in [3.05, 3.63) is 107 Å². The summed E-state index contributed by atoms with van der Waals surface area (Å²) in [5.74, 6) is -5.47. The van der Waals surface area contributed by atoms with E-state index in [0.717, 1.165) is 5.56 Å². The van der Waals surface area contributed by atoms with Crippen LogP contribution < -0.4 is 32.7 Å². The number of hydrogen-bond acceptors (Lipinski definition) is 8. The number of carboxylic acids is 1. The molecule has 15 nitrogen and oxygen atoms in total. The highest BCUT2D eigenvalue weighted by Crippen LogP contribution is 2.15. The van der Waals surface area contributed by atoms with E-state index in [1.807, 2.05) is 44.2 Å². The second-order valence-electron chi connectivity index (χ2n) is 14.6. The summed E-state index contributed by atoms with van der Waals surface area (Å²) in [4.78, 5) is 101. The Balaban J connectivity index is 1.41. The number of nitrogens with one attached hydrogen (secondary N) is 4. The molecule has 0 saturated carbocycles. The molecule has 0 heterocycles. The van der Waals surface area contributed by atoms with Gasteiger partial charge in [0.05, 0.1) is 6.42 Å². The summed E-state index contributed by atoms with van der Waals surface area (Å²) in [5, 5.41) is 20.2. The van der Waals surface area contributed by atoms with Crippen LogP contribution >= 0.6 is 0 Å². The molecule has 9 N–H and O–H groups in total. The summed E-state index contributed by atoms with van der Waals surface area (Å²) in [6, 6.07) is 19.6. The number of rotatable bonds is 26. The maximum atomic E-state index is 13.2. The minimum absolute atomic E-state index is 0.0295. The number of nitrogens with two attached hydrogens (primary N) is 2. The number of carbonyl (C=O) groups excluding carboxylic acids is 7. The van der Waals surface area contributed by atoms with Crippen molar-refractivity contribution in [3.8, 4) is 0 Å². The smallest absolute Gasteiger partial charge is 0.326 e.